The molecule has 2 aromatic carbocycles. The highest BCUT2D eigenvalue weighted by Gasteiger charge is 2.36. The highest BCUT2D eigenvalue weighted by atomic mass is 16.5. The van der Waals surface area contributed by atoms with Gasteiger partial charge < -0.3 is 4.74 Å². The molecule has 1 aliphatic rings. The third-order valence-electron chi connectivity index (χ3n) is 4.83. The van der Waals surface area contributed by atoms with E-state index < -0.39 is 17.8 Å². The summed E-state index contributed by atoms with van der Waals surface area (Å²) in [5.74, 6) is -0.692. The van der Waals surface area contributed by atoms with Crippen LogP contribution in [0.4, 0.5) is 10.5 Å². The summed E-state index contributed by atoms with van der Waals surface area (Å²) in [6, 6.07) is 9.83. The van der Waals surface area contributed by atoms with Gasteiger partial charge in [0.1, 0.15) is 11.3 Å². The van der Waals surface area contributed by atoms with Crippen molar-refractivity contribution >= 4 is 29.6 Å². The van der Waals surface area contributed by atoms with Crippen molar-refractivity contribution in [3.8, 4) is 5.75 Å². The first kappa shape index (κ1) is 20.1. The van der Waals surface area contributed by atoms with Gasteiger partial charge >= 0.3 is 6.03 Å². The lowest BCUT2D eigenvalue weighted by Gasteiger charge is -2.27. The smallest absolute Gasteiger partial charge is 0.335 e. The van der Waals surface area contributed by atoms with Gasteiger partial charge in [0, 0.05) is 0 Å². The van der Waals surface area contributed by atoms with Crippen LogP contribution < -0.4 is 15.0 Å². The van der Waals surface area contributed by atoms with Crippen LogP contribution in [0.25, 0.3) is 6.08 Å². The van der Waals surface area contributed by atoms with E-state index in [0.29, 0.717) is 23.4 Å². The number of carbonyl (C=O) groups is 3. The minimum atomic E-state index is -0.762. The molecule has 29 heavy (non-hydrogen) atoms. The maximum atomic E-state index is 13.0. The summed E-state index contributed by atoms with van der Waals surface area (Å²) in [5, 5.41) is 2.24. The fraction of sp³-hybridized carbons (Fsp3) is 0.174. The molecule has 4 amide bonds. The number of ether oxygens (including phenoxy) is 1. The fourth-order valence-electron chi connectivity index (χ4n) is 3.13. The quantitative estimate of drug-likeness (QED) is 0.480. The first-order valence-corrected chi connectivity index (χ1v) is 9.12. The second kappa shape index (κ2) is 8.14. The Morgan fingerprint density at radius 1 is 1.07 bits per heavy atom. The molecule has 6 nitrogen and oxygen atoms in total. The molecule has 1 heterocycles. The summed E-state index contributed by atoms with van der Waals surface area (Å²) in [5.41, 5.74) is 3.81. The molecule has 3 rings (SSSR count). The average molecular weight is 390 g/mol. The minimum absolute atomic E-state index is 0.113. The molecule has 1 saturated heterocycles. The third kappa shape index (κ3) is 3.96. The van der Waals surface area contributed by atoms with Crippen LogP contribution >= 0.6 is 0 Å². The number of urea groups is 1. The van der Waals surface area contributed by atoms with E-state index in [1.54, 1.807) is 37.5 Å². The molecule has 0 spiro atoms. The van der Waals surface area contributed by atoms with Crippen LogP contribution in [0, 0.1) is 13.8 Å². The zero-order chi connectivity index (χ0) is 21.1. The number of hydrogen-bond donors (Lipinski definition) is 1. The van der Waals surface area contributed by atoms with Crippen molar-refractivity contribution in [3.63, 3.8) is 0 Å². The minimum Gasteiger partial charge on any atom is -0.496 e. The van der Waals surface area contributed by atoms with Crippen molar-refractivity contribution in [1.82, 2.24) is 5.32 Å². The van der Waals surface area contributed by atoms with Gasteiger partial charge in [-0.3, -0.25) is 14.9 Å². The Labute approximate surface area is 169 Å². The van der Waals surface area contributed by atoms with Gasteiger partial charge in [-0.05, 0) is 72.9 Å². The second-order valence-corrected chi connectivity index (χ2v) is 6.79. The standard InChI is InChI=1S/C23H22N2O4/c1-5-6-17-12-16(8-10-20(17)29-4)13-19-21(26)24-23(28)25(22(19)27)18-9-7-14(2)15(3)11-18/h5,7-13H,1,6H2,2-4H3,(H,24,26,28)/b19-13+. The summed E-state index contributed by atoms with van der Waals surface area (Å²) >= 11 is 0. The Morgan fingerprint density at radius 3 is 2.48 bits per heavy atom. The lowest BCUT2D eigenvalue weighted by atomic mass is 10.0. The molecule has 0 bridgehead atoms. The van der Waals surface area contributed by atoms with E-state index in [9.17, 15) is 14.4 Å². The van der Waals surface area contributed by atoms with Gasteiger partial charge in [-0.2, -0.15) is 0 Å². The number of imide groups is 2. The molecule has 0 aliphatic carbocycles. The number of nitrogens with zero attached hydrogens (tertiary/aromatic N) is 1. The number of anilines is 1. The third-order valence-corrected chi connectivity index (χ3v) is 4.83. The van der Waals surface area contributed by atoms with Crippen LogP contribution in [-0.4, -0.2) is 25.0 Å². The van der Waals surface area contributed by atoms with Crippen molar-refractivity contribution < 1.29 is 19.1 Å². The van der Waals surface area contributed by atoms with Crippen molar-refractivity contribution in [2.75, 3.05) is 12.0 Å². The Hall–Kier alpha value is -3.67. The zero-order valence-electron chi connectivity index (χ0n) is 16.6. The fourth-order valence-corrected chi connectivity index (χ4v) is 3.13. The van der Waals surface area contributed by atoms with Crippen molar-refractivity contribution in [2.24, 2.45) is 0 Å². The van der Waals surface area contributed by atoms with Gasteiger partial charge in [0.05, 0.1) is 12.8 Å². The summed E-state index contributed by atoms with van der Waals surface area (Å²) in [6.45, 7) is 7.57. The van der Waals surface area contributed by atoms with Crippen LogP contribution in [0.5, 0.6) is 5.75 Å². The van der Waals surface area contributed by atoms with Crippen molar-refractivity contribution in [3.05, 3.63) is 76.9 Å². The predicted octanol–water partition coefficient (Wildman–Crippen LogP) is 3.71. The number of benzene rings is 2. The van der Waals surface area contributed by atoms with E-state index in [1.807, 2.05) is 26.0 Å². The Bertz CT molecular complexity index is 1050. The van der Waals surface area contributed by atoms with E-state index >= 15 is 0 Å². The lowest BCUT2D eigenvalue weighted by Crippen LogP contribution is -2.54. The Balaban J connectivity index is 2.02. The topological polar surface area (TPSA) is 75.7 Å². The molecule has 0 saturated carbocycles. The van der Waals surface area contributed by atoms with E-state index in [4.69, 9.17) is 4.74 Å². The largest absolute Gasteiger partial charge is 0.496 e. The van der Waals surface area contributed by atoms with E-state index in [-0.39, 0.29) is 5.57 Å². The molecular weight excluding hydrogens is 368 g/mol. The monoisotopic (exact) mass is 390 g/mol. The average Bonchev–Trinajstić information content (AvgIpc) is 2.68. The molecule has 0 aromatic heterocycles. The number of methoxy groups -OCH3 is 1. The molecule has 0 radical (unpaired) electrons. The molecular formula is C23H22N2O4. The molecule has 1 aliphatic heterocycles. The Kier molecular flexibility index (Phi) is 5.64. The summed E-state index contributed by atoms with van der Waals surface area (Å²) < 4.78 is 5.33. The van der Waals surface area contributed by atoms with Crippen LogP contribution in [-0.2, 0) is 16.0 Å². The second-order valence-electron chi connectivity index (χ2n) is 6.79. The summed E-state index contributed by atoms with van der Waals surface area (Å²) in [4.78, 5) is 38.7. The number of hydrogen-bond acceptors (Lipinski definition) is 4. The summed E-state index contributed by atoms with van der Waals surface area (Å²) in [6.07, 6.45) is 3.80. The molecule has 1 fully saturated rings. The number of nitrogens with one attached hydrogen (secondary N) is 1. The number of amides is 4. The molecule has 6 heteroatoms. The maximum Gasteiger partial charge on any atom is 0.335 e. The van der Waals surface area contributed by atoms with Gasteiger partial charge in [-0.25, -0.2) is 9.69 Å². The molecule has 148 valence electrons. The normalized spacial score (nSPS) is 15.5. The molecule has 2 aromatic rings. The SMILES string of the molecule is C=CCc1cc(/C=C2\C(=O)NC(=O)N(c3ccc(C)c(C)c3)C2=O)ccc1OC. The first-order valence-electron chi connectivity index (χ1n) is 9.12. The maximum absolute atomic E-state index is 13.0. The zero-order valence-corrected chi connectivity index (χ0v) is 16.6. The number of allylic oxidation sites excluding steroid dienone is 1. The molecule has 0 atom stereocenters. The highest BCUT2D eigenvalue weighted by Crippen LogP contribution is 2.26. The number of barbiturate groups is 1. The molecule has 0 unspecified atom stereocenters. The van der Waals surface area contributed by atoms with E-state index in [0.717, 1.165) is 21.6 Å². The number of rotatable bonds is 5. The van der Waals surface area contributed by atoms with E-state index in [1.165, 1.54) is 6.08 Å². The van der Waals surface area contributed by atoms with Crippen LogP contribution in [0.15, 0.2) is 54.6 Å². The number of carbonyl (C=O) groups excluding carboxylic acids is 3. The summed E-state index contributed by atoms with van der Waals surface area (Å²) in [7, 11) is 1.57. The van der Waals surface area contributed by atoms with Gasteiger partial charge in [0.25, 0.3) is 11.8 Å². The van der Waals surface area contributed by atoms with Crippen molar-refractivity contribution in [2.45, 2.75) is 20.3 Å². The Morgan fingerprint density at radius 2 is 1.83 bits per heavy atom. The van der Waals surface area contributed by atoms with Crippen molar-refractivity contribution in [1.29, 1.82) is 0 Å². The molecule has 1 N–H and O–H groups in total. The lowest BCUT2D eigenvalue weighted by molar-refractivity contribution is -0.122. The van der Waals surface area contributed by atoms with Crippen LogP contribution in [0.1, 0.15) is 22.3 Å². The highest BCUT2D eigenvalue weighted by molar-refractivity contribution is 6.39. The number of aryl methyl sites for hydroxylation is 2. The van der Waals surface area contributed by atoms with Gasteiger partial charge in [-0.1, -0.05) is 18.2 Å². The van der Waals surface area contributed by atoms with Gasteiger partial charge in [0.2, 0.25) is 0 Å². The van der Waals surface area contributed by atoms with Crippen LogP contribution in [0.2, 0.25) is 0 Å². The van der Waals surface area contributed by atoms with Gasteiger partial charge in [-0.15, -0.1) is 6.58 Å². The first-order chi connectivity index (χ1) is 13.8. The van der Waals surface area contributed by atoms with Gasteiger partial charge in [0.15, 0.2) is 0 Å². The predicted molar refractivity (Wildman–Crippen MR) is 112 cm³/mol. The van der Waals surface area contributed by atoms with E-state index in [2.05, 4.69) is 11.9 Å². The van der Waals surface area contributed by atoms with Crippen LogP contribution in [0.3, 0.4) is 0 Å².